The highest BCUT2D eigenvalue weighted by molar-refractivity contribution is 7.89. The van der Waals surface area contributed by atoms with Gasteiger partial charge >= 0.3 is 0 Å². The van der Waals surface area contributed by atoms with E-state index in [0.717, 1.165) is 5.56 Å². The van der Waals surface area contributed by atoms with Crippen LogP contribution in [0.1, 0.15) is 5.89 Å². The Bertz CT molecular complexity index is 1050. The van der Waals surface area contributed by atoms with Gasteiger partial charge in [-0.1, -0.05) is 22.8 Å². The molecule has 1 fully saturated rings. The molecule has 146 valence electrons. The van der Waals surface area contributed by atoms with Gasteiger partial charge in [-0.15, -0.1) is 0 Å². The van der Waals surface area contributed by atoms with Crippen LogP contribution in [0.3, 0.4) is 0 Å². The molecular weight excluding hydrogens is 402 g/mol. The number of hydrogen-bond donors (Lipinski definition) is 0. The summed E-state index contributed by atoms with van der Waals surface area (Å²) >= 11 is 5.93. The molecule has 0 unspecified atom stereocenters. The monoisotopic (exact) mass is 419 g/mol. The molecule has 8 nitrogen and oxygen atoms in total. The second-order valence-corrected chi connectivity index (χ2v) is 8.77. The molecule has 3 aromatic rings. The molecule has 3 heterocycles. The fourth-order valence-corrected chi connectivity index (χ4v) is 4.75. The number of nitrogens with zero attached hydrogens (tertiary/aromatic N) is 5. The SMILES string of the molecule is O=S(=O)(c1cccc(Cl)c1)N1CCN(Cc2nc(-c3cccnc3)no2)CC1. The Morgan fingerprint density at radius 1 is 1.11 bits per heavy atom. The molecule has 0 amide bonds. The first kappa shape index (κ1) is 19.0. The lowest BCUT2D eigenvalue weighted by atomic mass is 10.3. The Kier molecular flexibility index (Phi) is 5.40. The first-order valence-corrected chi connectivity index (χ1v) is 10.6. The van der Waals surface area contributed by atoms with Gasteiger partial charge in [-0.3, -0.25) is 9.88 Å². The summed E-state index contributed by atoms with van der Waals surface area (Å²) in [6.45, 7) is 2.39. The van der Waals surface area contributed by atoms with E-state index >= 15 is 0 Å². The minimum atomic E-state index is -3.55. The first-order valence-electron chi connectivity index (χ1n) is 8.73. The fraction of sp³-hybridized carbons (Fsp3) is 0.278. The summed E-state index contributed by atoms with van der Waals surface area (Å²) < 4.78 is 32.3. The number of rotatable bonds is 5. The van der Waals surface area contributed by atoms with Gasteiger partial charge in [-0.05, 0) is 30.3 Å². The Hall–Kier alpha value is -2.33. The van der Waals surface area contributed by atoms with Crippen LogP contribution in [-0.4, -0.2) is 58.9 Å². The van der Waals surface area contributed by atoms with E-state index in [1.165, 1.54) is 10.4 Å². The highest BCUT2D eigenvalue weighted by atomic mass is 35.5. The van der Waals surface area contributed by atoms with Crippen molar-refractivity contribution in [2.24, 2.45) is 0 Å². The molecular formula is C18H18ClN5O3S. The van der Waals surface area contributed by atoms with Crippen LogP contribution in [0.5, 0.6) is 0 Å². The molecule has 0 atom stereocenters. The minimum absolute atomic E-state index is 0.214. The maximum atomic E-state index is 12.8. The van der Waals surface area contributed by atoms with Crippen LogP contribution in [0.15, 0.2) is 58.2 Å². The summed E-state index contributed by atoms with van der Waals surface area (Å²) in [5.74, 6) is 0.982. The molecule has 0 radical (unpaired) electrons. The van der Waals surface area contributed by atoms with Gasteiger partial charge in [0, 0.05) is 49.2 Å². The van der Waals surface area contributed by atoms with Gasteiger partial charge in [0.2, 0.25) is 21.7 Å². The summed E-state index contributed by atoms with van der Waals surface area (Å²) in [5.41, 5.74) is 0.787. The highest BCUT2D eigenvalue weighted by Gasteiger charge is 2.29. The van der Waals surface area contributed by atoms with E-state index in [0.29, 0.717) is 49.5 Å². The van der Waals surface area contributed by atoms with Crippen molar-refractivity contribution < 1.29 is 12.9 Å². The average Bonchev–Trinajstić information content (AvgIpc) is 3.18. The van der Waals surface area contributed by atoms with E-state index < -0.39 is 10.0 Å². The number of aromatic nitrogens is 3. The van der Waals surface area contributed by atoms with Crippen molar-refractivity contribution in [1.82, 2.24) is 24.3 Å². The second kappa shape index (κ2) is 7.96. The van der Waals surface area contributed by atoms with Crippen molar-refractivity contribution in [3.63, 3.8) is 0 Å². The standard InChI is InChI=1S/C18H18ClN5O3S/c19-15-4-1-5-16(11-15)28(25,26)24-9-7-23(8-10-24)13-17-21-18(22-27-17)14-3-2-6-20-12-14/h1-6,11-12H,7-10,13H2. The van der Waals surface area contributed by atoms with E-state index in [1.807, 2.05) is 12.1 Å². The lowest BCUT2D eigenvalue weighted by molar-refractivity contribution is 0.163. The molecule has 1 aliphatic heterocycles. The normalized spacial score (nSPS) is 16.3. The topological polar surface area (TPSA) is 92.4 Å². The molecule has 0 bridgehead atoms. The molecule has 0 aliphatic carbocycles. The Morgan fingerprint density at radius 3 is 2.64 bits per heavy atom. The molecule has 28 heavy (non-hydrogen) atoms. The van der Waals surface area contributed by atoms with Gasteiger partial charge in [0.1, 0.15) is 0 Å². The highest BCUT2D eigenvalue weighted by Crippen LogP contribution is 2.21. The van der Waals surface area contributed by atoms with Crippen LogP contribution in [0, 0.1) is 0 Å². The molecule has 10 heteroatoms. The molecule has 4 rings (SSSR count). The van der Waals surface area contributed by atoms with Crippen LogP contribution in [0.25, 0.3) is 11.4 Å². The van der Waals surface area contributed by atoms with Crippen molar-refractivity contribution in [2.45, 2.75) is 11.4 Å². The van der Waals surface area contributed by atoms with Crippen molar-refractivity contribution in [1.29, 1.82) is 0 Å². The average molecular weight is 420 g/mol. The number of pyridine rings is 1. The van der Waals surface area contributed by atoms with Crippen molar-refractivity contribution in [2.75, 3.05) is 26.2 Å². The minimum Gasteiger partial charge on any atom is -0.338 e. The number of hydrogen-bond acceptors (Lipinski definition) is 7. The van der Waals surface area contributed by atoms with Crippen LogP contribution >= 0.6 is 11.6 Å². The fourth-order valence-electron chi connectivity index (χ4n) is 3.03. The lowest BCUT2D eigenvalue weighted by Gasteiger charge is -2.33. The second-order valence-electron chi connectivity index (χ2n) is 6.39. The van der Waals surface area contributed by atoms with Crippen LogP contribution < -0.4 is 0 Å². The van der Waals surface area contributed by atoms with Crippen molar-refractivity contribution >= 4 is 21.6 Å². The predicted molar refractivity (Wildman–Crippen MR) is 103 cm³/mol. The molecule has 2 aromatic heterocycles. The molecule has 1 aliphatic rings. The van der Waals surface area contributed by atoms with Gasteiger partial charge in [-0.2, -0.15) is 9.29 Å². The quantitative estimate of drug-likeness (QED) is 0.626. The lowest BCUT2D eigenvalue weighted by Crippen LogP contribution is -2.48. The van der Waals surface area contributed by atoms with Crippen molar-refractivity contribution in [3.8, 4) is 11.4 Å². The number of sulfonamides is 1. The van der Waals surface area contributed by atoms with Crippen molar-refractivity contribution in [3.05, 3.63) is 59.7 Å². The first-order chi connectivity index (χ1) is 13.5. The third-order valence-electron chi connectivity index (χ3n) is 4.51. The van der Waals surface area contributed by atoms with E-state index in [-0.39, 0.29) is 4.90 Å². The smallest absolute Gasteiger partial charge is 0.243 e. The summed E-state index contributed by atoms with van der Waals surface area (Å²) in [6, 6.07) is 10.0. The van der Waals surface area contributed by atoms with Gasteiger partial charge in [0.25, 0.3) is 0 Å². The van der Waals surface area contributed by atoms with E-state index in [1.54, 1.807) is 30.6 Å². The van der Waals surface area contributed by atoms with Gasteiger partial charge < -0.3 is 4.52 Å². The van der Waals surface area contributed by atoms with Gasteiger partial charge in [0.05, 0.1) is 11.4 Å². The zero-order valence-corrected chi connectivity index (χ0v) is 16.5. The summed E-state index contributed by atoms with van der Waals surface area (Å²) in [4.78, 5) is 10.7. The summed E-state index contributed by atoms with van der Waals surface area (Å²) in [7, 11) is -3.55. The van der Waals surface area contributed by atoms with E-state index in [9.17, 15) is 8.42 Å². The molecule has 0 spiro atoms. The van der Waals surface area contributed by atoms with Crippen LogP contribution in [0.4, 0.5) is 0 Å². The Morgan fingerprint density at radius 2 is 1.93 bits per heavy atom. The molecule has 1 saturated heterocycles. The Balaban J connectivity index is 1.38. The van der Waals surface area contributed by atoms with E-state index in [2.05, 4.69) is 20.0 Å². The predicted octanol–water partition coefficient (Wildman–Crippen LogP) is 2.29. The summed E-state index contributed by atoms with van der Waals surface area (Å²) in [6.07, 6.45) is 3.36. The number of halogens is 1. The third kappa shape index (κ3) is 4.07. The van der Waals surface area contributed by atoms with Crippen LogP contribution in [0.2, 0.25) is 5.02 Å². The third-order valence-corrected chi connectivity index (χ3v) is 6.64. The molecule has 0 saturated carbocycles. The van der Waals surface area contributed by atoms with Crippen LogP contribution in [-0.2, 0) is 16.6 Å². The number of piperazine rings is 1. The molecule has 0 N–H and O–H groups in total. The zero-order chi connectivity index (χ0) is 19.6. The van der Waals surface area contributed by atoms with E-state index in [4.69, 9.17) is 16.1 Å². The maximum Gasteiger partial charge on any atom is 0.243 e. The number of benzene rings is 1. The maximum absolute atomic E-state index is 12.8. The summed E-state index contributed by atoms with van der Waals surface area (Å²) in [5, 5.41) is 4.39. The zero-order valence-electron chi connectivity index (χ0n) is 14.9. The van der Waals surface area contributed by atoms with Gasteiger partial charge in [-0.25, -0.2) is 8.42 Å². The van der Waals surface area contributed by atoms with Gasteiger partial charge in [0.15, 0.2) is 0 Å². The molecule has 1 aromatic carbocycles. The Labute approximate surface area is 167 Å². The largest absolute Gasteiger partial charge is 0.338 e.